The Bertz CT molecular complexity index is 428. The summed E-state index contributed by atoms with van der Waals surface area (Å²) in [5, 5.41) is 6.14. The first-order valence-corrected chi connectivity index (χ1v) is 5.78. The van der Waals surface area contributed by atoms with Crippen molar-refractivity contribution in [2.75, 3.05) is 13.7 Å². The van der Waals surface area contributed by atoms with Gasteiger partial charge in [0.2, 0.25) is 0 Å². The lowest BCUT2D eigenvalue weighted by molar-refractivity contribution is 0.415. The Morgan fingerprint density at radius 3 is 2.62 bits per heavy atom. The van der Waals surface area contributed by atoms with Gasteiger partial charge in [-0.05, 0) is 29.8 Å². The van der Waals surface area contributed by atoms with Crippen molar-refractivity contribution >= 4 is 34.9 Å². The molecule has 0 aliphatic carbocycles. The minimum atomic E-state index is 0.517. The fourth-order valence-electron chi connectivity index (χ4n) is 1.58. The zero-order valence-corrected chi connectivity index (χ0v) is 10.6. The summed E-state index contributed by atoms with van der Waals surface area (Å²) in [4.78, 5) is 0. The Morgan fingerprint density at radius 2 is 2.12 bits per heavy atom. The highest BCUT2D eigenvalue weighted by atomic mass is 32.1. The lowest BCUT2D eigenvalue weighted by atomic mass is 10.1. The third-order valence-electron chi connectivity index (χ3n) is 2.45. The minimum absolute atomic E-state index is 0.517. The Labute approximate surface area is 106 Å². The molecule has 0 saturated heterocycles. The highest BCUT2D eigenvalue weighted by Gasteiger charge is 2.17. The summed E-state index contributed by atoms with van der Waals surface area (Å²) in [5.74, 6) is 0.851. The quantitative estimate of drug-likeness (QED) is 0.646. The molecule has 0 saturated carbocycles. The maximum Gasteiger partial charge on any atom is 0.153 e. The first-order chi connectivity index (χ1) is 7.70. The molecule has 1 aliphatic heterocycles. The van der Waals surface area contributed by atoms with Crippen LogP contribution in [0.4, 0.5) is 0 Å². The fourth-order valence-corrected chi connectivity index (χ4v) is 1.86. The van der Waals surface area contributed by atoms with Crippen LogP contribution >= 0.6 is 24.8 Å². The van der Waals surface area contributed by atoms with Crippen molar-refractivity contribution in [1.29, 1.82) is 0 Å². The van der Waals surface area contributed by atoms with E-state index in [1.807, 2.05) is 24.3 Å². The predicted octanol–water partition coefficient (Wildman–Crippen LogP) is 2.32. The Morgan fingerprint density at radius 1 is 1.44 bits per heavy atom. The second-order valence-corrected chi connectivity index (χ2v) is 4.54. The topological polar surface area (TPSA) is 24.8 Å². The average Bonchev–Trinajstić information content (AvgIpc) is 2.78. The second-order valence-electron chi connectivity index (χ2n) is 3.43. The van der Waals surface area contributed by atoms with E-state index >= 15 is 0 Å². The Hall–Kier alpha value is -1.07. The molecule has 0 spiro atoms. The number of methoxy groups -OCH3 is 1. The van der Waals surface area contributed by atoms with Gasteiger partial charge in [-0.1, -0.05) is 12.2 Å². The Balaban J connectivity index is 2.19. The van der Waals surface area contributed by atoms with Crippen LogP contribution in [0.1, 0.15) is 12.0 Å². The third-order valence-corrected chi connectivity index (χ3v) is 2.89. The van der Waals surface area contributed by atoms with Crippen LogP contribution in [0.25, 0.3) is 0 Å². The van der Waals surface area contributed by atoms with E-state index in [4.69, 9.17) is 17.0 Å². The number of thiocarbonyl (C=S) groups is 1. The molecule has 0 N–H and O–H groups in total. The number of hydrazone groups is 1. The monoisotopic (exact) mass is 252 g/mol. The molecule has 2 rings (SSSR count). The van der Waals surface area contributed by atoms with E-state index in [2.05, 4.69) is 17.7 Å². The maximum absolute atomic E-state index is 5.11. The number of hydrogen-bond acceptors (Lipinski definition) is 3. The lowest BCUT2D eigenvalue weighted by Crippen LogP contribution is -2.15. The third kappa shape index (κ3) is 2.36. The van der Waals surface area contributed by atoms with E-state index in [0.29, 0.717) is 4.32 Å². The summed E-state index contributed by atoms with van der Waals surface area (Å²) in [6, 6.07) is 7.87. The van der Waals surface area contributed by atoms with E-state index in [0.717, 1.165) is 30.0 Å². The van der Waals surface area contributed by atoms with Crippen molar-refractivity contribution in [1.82, 2.24) is 5.01 Å². The molecule has 0 atom stereocenters. The van der Waals surface area contributed by atoms with Gasteiger partial charge >= 0.3 is 0 Å². The molecule has 5 heteroatoms. The highest BCUT2D eigenvalue weighted by Crippen LogP contribution is 2.18. The molecule has 0 bridgehead atoms. The summed E-state index contributed by atoms with van der Waals surface area (Å²) in [7, 11) is 1.66. The van der Waals surface area contributed by atoms with Crippen LogP contribution in [-0.2, 0) is 0 Å². The van der Waals surface area contributed by atoms with E-state index in [1.165, 1.54) is 0 Å². The SMILES string of the molecule is COc1ccc(C2=NN(C(=S)S)CC2)cc1. The average molecular weight is 252 g/mol. The van der Waals surface area contributed by atoms with Gasteiger partial charge in [0.15, 0.2) is 4.32 Å². The second kappa shape index (κ2) is 4.84. The smallest absolute Gasteiger partial charge is 0.153 e. The number of ether oxygens (including phenoxy) is 1. The molecule has 0 unspecified atom stereocenters. The van der Waals surface area contributed by atoms with E-state index in [1.54, 1.807) is 12.1 Å². The minimum Gasteiger partial charge on any atom is -0.497 e. The molecule has 0 amide bonds. The van der Waals surface area contributed by atoms with E-state index in [-0.39, 0.29) is 0 Å². The number of benzene rings is 1. The van der Waals surface area contributed by atoms with Crippen LogP contribution in [-0.4, -0.2) is 28.7 Å². The fraction of sp³-hybridized carbons (Fsp3) is 0.273. The van der Waals surface area contributed by atoms with Crippen molar-refractivity contribution < 1.29 is 4.74 Å². The zero-order valence-electron chi connectivity index (χ0n) is 8.88. The first-order valence-electron chi connectivity index (χ1n) is 4.93. The molecule has 1 aliphatic rings. The molecule has 0 fully saturated rings. The van der Waals surface area contributed by atoms with Crippen molar-refractivity contribution in [2.24, 2.45) is 5.10 Å². The van der Waals surface area contributed by atoms with Gasteiger partial charge in [0.25, 0.3) is 0 Å². The van der Waals surface area contributed by atoms with E-state index in [9.17, 15) is 0 Å². The van der Waals surface area contributed by atoms with Crippen LogP contribution < -0.4 is 4.74 Å². The predicted molar refractivity (Wildman–Crippen MR) is 72.4 cm³/mol. The summed E-state index contributed by atoms with van der Waals surface area (Å²) >= 11 is 9.07. The standard InChI is InChI=1S/C11H12N2OS2/c1-14-9-4-2-8(3-5-9)10-6-7-13(12-10)11(15)16/h2-5H,6-7H2,1H3,(H,15,16). The molecule has 1 heterocycles. The van der Waals surface area contributed by atoms with Crippen LogP contribution in [0.3, 0.4) is 0 Å². The summed E-state index contributed by atoms with van der Waals surface area (Å²) in [6.45, 7) is 0.809. The van der Waals surface area contributed by atoms with Crippen molar-refractivity contribution in [3.8, 4) is 5.75 Å². The molecule has 0 aromatic heterocycles. The van der Waals surface area contributed by atoms with Crippen molar-refractivity contribution in [2.45, 2.75) is 6.42 Å². The van der Waals surface area contributed by atoms with Crippen LogP contribution in [0.15, 0.2) is 29.4 Å². The van der Waals surface area contributed by atoms with Gasteiger partial charge in [-0.25, -0.2) is 5.01 Å². The van der Waals surface area contributed by atoms with Crippen LogP contribution in [0.2, 0.25) is 0 Å². The highest BCUT2D eigenvalue weighted by molar-refractivity contribution is 8.10. The van der Waals surface area contributed by atoms with E-state index < -0.39 is 0 Å². The van der Waals surface area contributed by atoms with Crippen LogP contribution in [0, 0.1) is 0 Å². The first kappa shape index (κ1) is 11.4. The summed E-state index contributed by atoms with van der Waals surface area (Å²) in [5.41, 5.74) is 2.15. The summed E-state index contributed by atoms with van der Waals surface area (Å²) in [6.07, 6.45) is 0.896. The molecule has 0 radical (unpaired) electrons. The molecule has 1 aromatic carbocycles. The normalized spacial score (nSPS) is 14.9. The maximum atomic E-state index is 5.11. The van der Waals surface area contributed by atoms with Gasteiger partial charge in [-0.3, -0.25) is 0 Å². The number of hydrogen-bond donors (Lipinski definition) is 1. The molecule has 16 heavy (non-hydrogen) atoms. The lowest BCUT2D eigenvalue weighted by Gasteiger charge is -2.08. The number of nitrogens with zero attached hydrogens (tertiary/aromatic N) is 2. The Kier molecular flexibility index (Phi) is 3.46. The number of thiol groups is 1. The van der Waals surface area contributed by atoms with Gasteiger partial charge in [-0.2, -0.15) is 5.10 Å². The molecule has 84 valence electrons. The van der Waals surface area contributed by atoms with Gasteiger partial charge < -0.3 is 4.74 Å². The molecule has 3 nitrogen and oxygen atoms in total. The molecule has 1 aromatic rings. The van der Waals surface area contributed by atoms with Crippen LogP contribution in [0.5, 0.6) is 5.75 Å². The molecular formula is C11H12N2OS2. The zero-order chi connectivity index (χ0) is 11.5. The van der Waals surface area contributed by atoms with Gasteiger partial charge in [0.1, 0.15) is 5.75 Å². The van der Waals surface area contributed by atoms with Gasteiger partial charge in [0.05, 0.1) is 12.8 Å². The summed E-state index contributed by atoms with van der Waals surface area (Å²) < 4.78 is 5.63. The molecular weight excluding hydrogens is 240 g/mol. The van der Waals surface area contributed by atoms with Crippen molar-refractivity contribution in [3.63, 3.8) is 0 Å². The van der Waals surface area contributed by atoms with Gasteiger partial charge in [0, 0.05) is 13.0 Å². The van der Waals surface area contributed by atoms with Crippen molar-refractivity contribution in [3.05, 3.63) is 29.8 Å². The number of rotatable bonds is 2. The van der Waals surface area contributed by atoms with Gasteiger partial charge in [-0.15, -0.1) is 12.6 Å². The largest absolute Gasteiger partial charge is 0.497 e.